The Bertz CT molecular complexity index is 698. The van der Waals surface area contributed by atoms with Crippen molar-refractivity contribution in [1.29, 1.82) is 0 Å². The Labute approximate surface area is 161 Å². The summed E-state index contributed by atoms with van der Waals surface area (Å²) < 4.78 is 5.76. The molecule has 2 rings (SSSR count). The molecule has 0 spiro atoms. The largest absolute Gasteiger partial charge is 0.479 e. The van der Waals surface area contributed by atoms with E-state index in [0.717, 1.165) is 12.8 Å². The topological polar surface area (TPSA) is 38.3 Å². The van der Waals surface area contributed by atoms with E-state index >= 15 is 0 Å². The zero-order valence-corrected chi connectivity index (χ0v) is 16.6. The van der Waals surface area contributed by atoms with Crippen LogP contribution < -0.4 is 10.1 Å². The quantitative estimate of drug-likeness (QED) is 0.600. The number of aryl methyl sites for hydroxylation is 1. The van der Waals surface area contributed by atoms with E-state index < -0.39 is 6.10 Å². The molecule has 1 unspecified atom stereocenters. The molecule has 2 aromatic carbocycles. The van der Waals surface area contributed by atoms with Gasteiger partial charge in [-0.2, -0.15) is 0 Å². The molecule has 0 fully saturated rings. The Balaban J connectivity index is 1.77. The number of carbonyl (C=O) groups excluding carboxylic acids is 1. The van der Waals surface area contributed by atoms with Crippen LogP contribution in [0.15, 0.2) is 48.5 Å². The molecule has 0 bridgehead atoms. The number of halogens is 1. The molecule has 3 nitrogen and oxygen atoms in total. The van der Waals surface area contributed by atoms with Crippen molar-refractivity contribution in [2.75, 3.05) is 6.54 Å². The van der Waals surface area contributed by atoms with E-state index in [9.17, 15) is 4.79 Å². The maximum atomic E-state index is 12.3. The number of para-hydroxylation sites is 1. The van der Waals surface area contributed by atoms with Gasteiger partial charge in [0.05, 0.1) is 5.02 Å². The first kappa shape index (κ1) is 20.3. The monoisotopic (exact) mass is 373 g/mol. The highest BCUT2D eigenvalue weighted by molar-refractivity contribution is 6.32. The van der Waals surface area contributed by atoms with Gasteiger partial charge in [-0.1, -0.05) is 68.8 Å². The number of carbonyl (C=O) groups is 1. The molecule has 140 valence electrons. The van der Waals surface area contributed by atoms with E-state index in [4.69, 9.17) is 16.3 Å². The molecule has 1 atom stereocenters. The summed E-state index contributed by atoms with van der Waals surface area (Å²) in [7, 11) is 0. The van der Waals surface area contributed by atoms with E-state index in [1.807, 2.05) is 19.1 Å². The predicted octanol–water partition coefficient (Wildman–Crippen LogP) is 5.37. The number of ether oxygens (including phenoxy) is 1. The fourth-order valence-electron chi connectivity index (χ4n) is 2.70. The van der Waals surface area contributed by atoms with Gasteiger partial charge < -0.3 is 10.1 Å². The number of hydrogen-bond donors (Lipinski definition) is 1. The average Bonchev–Trinajstić information content (AvgIpc) is 2.64. The van der Waals surface area contributed by atoms with Crippen LogP contribution in [0.1, 0.15) is 50.7 Å². The van der Waals surface area contributed by atoms with Crippen molar-refractivity contribution in [2.45, 2.75) is 52.1 Å². The summed E-state index contributed by atoms with van der Waals surface area (Å²) in [5, 5.41) is 3.48. The lowest BCUT2D eigenvalue weighted by Crippen LogP contribution is -2.38. The van der Waals surface area contributed by atoms with Gasteiger partial charge in [0.1, 0.15) is 5.75 Å². The zero-order chi connectivity index (χ0) is 18.9. The molecular weight excluding hydrogens is 346 g/mol. The number of nitrogens with one attached hydrogen (secondary N) is 1. The summed E-state index contributed by atoms with van der Waals surface area (Å²) in [6.45, 7) is 6.95. The fraction of sp³-hybridized carbons (Fsp3) is 0.409. The third kappa shape index (κ3) is 6.06. The molecule has 1 amide bonds. The summed E-state index contributed by atoms with van der Waals surface area (Å²) in [5.74, 6) is 0.997. The highest BCUT2D eigenvalue weighted by atomic mass is 35.5. The van der Waals surface area contributed by atoms with Gasteiger partial charge in [0.2, 0.25) is 0 Å². The van der Waals surface area contributed by atoms with Crippen LogP contribution in [0.5, 0.6) is 5.75 Å². The van der Waals surface area contributed by atoms with Gasteiger partial charge in [-0.05, 0) is 48.4 Å². The SMILES string of the molecule is CCC(Oc1ccccc1Cl)C(=O)NCCCc1ccc(C(C)C)cc1. The summed E-state index contributed by atoms with van der Waals surface area (Å²) in [6, 6.07) is 15.9. The van der Waals surface area contributed by atoms with Crippen LogP contribution in [0.25, 0.3) is 0 Å². The van der Waals surface area contributed by atoms with Crippen LogP contribution >= 0.6 is 11.6 Å². The third-order valence-corrected chi connectivity index (χ3v) is 4.67. The Morgan fingerprint density at radius 2 is 1.81 bits per heavy atom. The van der Waals surface area contributed by atoms with Crippen molar-refractivity contribution < 1.29 is 9.53 Å². The van der Waals surface area contributed by atoms with Crippen molar-refractivity contribution >= 4 is 17.5 Å². The van der Waals surface area contributed by atoms with E-state index in [0.29, 0.717) is 29.7 Å². The minimum absolute atomic E-state index is 0.0948. The summed E-state index contributed by atoms with van der Waals surface area (Å²) >= 11 is 6.10. The van der Waals surface area contributed by atoms with Gasteiger partial charge in [-0.3, -0.25) is 4.79 Å². The first-order valence-electron chi connectivity index (χ1n) is 9.29. The predicted molar refractivity (Wildman–Crippen MR) is 108 cm³/mol. The van der Waals surface area contributed by atoms with Crippen molar-refractivity contribution in [1.82, 2.24) is 5.32 Å². The number of rotatable bonds is 9. The van der Waals surface area contributed by atoms with Crippen molar-refractivity contribution in [3.05, 3.63) is 64.7 Å². The molecule has 26 heavy (non-hydrogen) atoms. The molecule has 0 heterocycles. The van der Waals surface area contributed by atoms with E-state index in [-0.39, 0.29) is 5.91 Å². The molecule has 0 saturated carbocycles. The smallest absolute Gasteiger partial charge is 0.261 e. The molecule has 0 saturated heterocycles. The van der Waals surface area contributed by atoms with Crippen LogP contribution in [-0.4, -0.2) is 18.6 Å². The molecule has 0 aliphatic rings. The average molecular weight is 374 g/mol. The molecule has 0 radical (unpaired) electrons. The lowest BCUT2D eigenvalue weighted by Gasteiger charge is -2.18. The highest BCUT2D eigenvalue weighted by Crippen LogP contribution is 2.24. The van der Waals surface area contributed by atoms with Crippen LogP contribution in [0.4, 0.5) is 0 Å². The van der Waals surface area contributed by atoms with E-state index in [1.165, 1.54) is 11.1 Å². The number of amides is 1. The van der Waals surface area contributed by atoms with E-state index in [1.54, 1.807) is 12.1 Å². The zero-order valence-electron chi connectivity index (χ0n) is 15.8. The Morgan fingerprint density at radius 1 is 1.12 bits per heavy atom. The molecular formula is C22H28ClNO2. The van der Waals surface area contributed by atoms with Gasteiger partial charge in [0.15, 0.2) is 6.10 Å². The highest BCUT2D eigenvalue weighted by Gasteiger charge is 2.18. The molecule has 0 aliphatic heterocycles. The second kappa shape index (κ2) is 10.2. The van der Waals surface area contributed by atoms with Crippen molar-refractivity contribution in [3.63, 3.8) is 0 Å². The van der Waals surface area contributed by atoms with Gasteiger partial charge >= 0.3 is 0 Å². The number of hydrogen-bond acceptors (Lipinski definition) is 2. The van der Waals surface area contributed by atoms with Crippen LogP contribution in [0.2, 0.25) is 5.02 Å². The van der Waals surface area contributed by atoms with Crippen molar-refractivity contribution in [2.24, 2.45) is 0 Å². The first-order valence-corrected chi connectivity index (χ1v) is 9.66. The third-order valence-electron chi connectivity index (χ3n) is 4.36. The molecule has 0 aliphatic carbocycles. The van der Waals surface area contributed by atoms with Crippen LogP contribution in [-0.2, 0) is 11.2 Å². The molecule has 0 aromatic heterocycles. The number of benzene rings is 2. The fourth-order valence-corrected chi connectivity index (χ4v) is 2.88. The standard InChI is InChI=1S/C22H28ClNO2/c1-4-20(26-21-10-6-5-9-19(21)23)22(25)24-15-7-8-17-11-13-18(14-12-17)16(2)3/h5-6,9-14,16,20H,4,7-8,15H2,1-3H3,(H,24,25). The van der Waals surface area contributed by atoms with Gasteiger partial charge in [-0.15, -0.1) is 0 Å². The van der Waals surface area contributed by atoms with Crippen molar-refractivity contribution in [3.8, 4) is 5.75 Å². The second-order valence-electron chi connectivity index (χ2n) is 6.74. The van der Waals surface area contributed by atoms with Crippen LogP contribution in [0.3, 0.4) is 0 Å². The van der Waals surface area contributed by atoms with Gasteiger partial charge in [-0.25, -0.2) is 0 Å². The maximum Gasteiger partial charge on any atom is 0.261 e. The lowest BCUT2D eigenvalue weighted by atomic mass is 10.0. The Kier molecular flexibility index (Phi) is 7.99. The Morgan fingerprint density at radius 3 is 2.42 bits per heavy atom. The first-order chi connectivity index (χ1) is 12.5. The van der Waals surface area contributed by atoms with Gasteiger partial charge in [0, 0.05) is 6.54 Å². The minimum Gasteiger partial charge on any atom is -0.479 e. The summed E-state index contributed by atoms with van der Waals surface area (Å²) in [4.78, 5) is 12.3. The molecule has 4 heteroatoms. The summed E-state index contributed by atoms with van der Waals surface area (Å²) in [6.07, 6.45) is 1.91. The molecule has 1 N–H and O–H groups in total. The molecule has 2 aromatic rings. The lowest BCUT2D eigenvalue weighted by molar-refractivity contribution is -0.128. The second-order valence-corrected chi connectivity index (χ2v) is 7.14. The maximum absolute atomic E-state index is 12.3. The van der Waals surface area contributed by atoms with Crippen LogP contribution in [0, 0.1) is 0 Å². The normalized spacial score (nSPS) is 12.0. The minimum atomic E-state index is -0.528. The Hall–Kier alpha value is -2.00. The van der Waals surface area contributed by atoms with E-state index in [2.05, 4.69) is 43.4 Å². The summed E-state index contributed by atoms with van der Waals surface area (Å²) in [5.41, 5.74) is 2.65. The van der Waals surface area contributed by atoms with Gasteiger partial charge in [0.25, 0.3) is 5.91 Å².